The number of carbonyl (C=O) groups excluding carboxylic acids is 2. The summed E-state index contributed by atoms with van der Waals surface area (Å²) in [5, 5.41) is 3.59. The van der Waals surface area contributed by atoms with Crippen LogP contribution >= 0.6 is 11.6 Å². The molecule has 31 heavy (non-hydrogen) atoms. The largest absolute Gasteiger partial charge is 0.481 e. The van der Waals surface area contributed by atoms with Gasteiger partial charge in [-0.3, -0.25) is 9.59 Å². The quantitative estimate of drug-likeness (QED) is 0.622. The van der Waals surface area contributed by atoms with Crippen LogP contribution in [0.1, 0.15) is 28.0 Å². The summed E-state index contributed by atoms with van der Waals surface area (Å²) in [6.07, 6.45) is 1.54. The molecule has 3 aromatic rings. The number of carbonyl (C=O) groups is 2. The highest BCUT2D eigenvalue weighted by atomic mass is 35.5. The van der Waals surface area contributed by atoms with E-state index in [1.807, 2.05) is 19.1 Å². The Kier molecular flexibility index (Phi) is 5.85. The number of aromatic amines is 1. The van der Waals surface area contributed by atoms with Gasteiger partial charge in [-0.2, -0.15) is 5.10 Å². The summed E-state index contributed by atoms with van der Waals surface area (Å²) >= 11 is 6.04. The molecule has 1 atom stereocenters. The standard InChI is InChI=1S/C21H21ClN6O3/c1-14-12-26(20(29)17-7-4-8-18(24-17)31-2)9-10-27(14)21(30)19-23-13-28(25-19)16-6-3-5-15(22)11-16/h3-8,11,13-14H,9-10,12H2,1-2H3/p+1/t14-/m1/s1. The summed E-state index contributed by atoms with van der Waals surface area (Å²) in [7, 11) is 1.51. The molecule has 10 heteroatoms. The lowest BCUT2D eigenvalue weighted by Crippen LogP contribution is -2.55. The molecule has 0 bridgehead atoms. The monoisotopic (exact) mass is 441 g/mol. The zero-order valence-electron chi connectivity index (χ0n) is 17.2. The molecule has 0 unspecified atom stereocenters. The Morgan fingerprint density at radius 2 is 2.00 bits per heavy atom. The van der Waals surface area contributed by atoms with Crippen molar-refractivity contribution >= 4 is 23.4 Å². The maximum Gasteiger partial charge on any atom is 0.341 e. The van der Waals surface area contributed by atoms with Crippen LogP contribution in [0.3, 0.4) is 0 Å². The Bertz CT molecular complexity index is 1120. The number of hydrogen-bond donors (Lipinski definition) is 1. The van der Waals surface area contributed by atoms with Gasteiger partial charge in [0.15, 0.2) is 5.69 Å². The summed E-state index contributed by atoms with van der Waals surface area (Å²) in [5.41, 5.74) is 1.09. The van der Waals surface area contributed by atoms with Gasteiger partial charge in [-0.15, -0.1) is 4.68 Å². The number of nitrogens with zero attached hydrogens (tertiary/aromatic N) is 5. The van der Waals surface area contributed by atoms with Crippen molar-refractivity contribution in [2.24, 2.45) is 0 Å². The number of amides is 2. The van der Waals surface area contributed by atoms with Gasteiger partial charge >= 0.3 is 18.1 Å². The molecule has 1 fully saturated rings. The fraction of sp³-hybridized carbons (Fsp3) is 0.286. The van der Waals surface area contributed by atoms with Gasteiger partial charge in [0.2, 0.25) is 5.88 Å². The normalized spacial score (nSPS) is 16.3. The molecule has 2 amide bonds. The topological polar surface area (TPSA) is 95.3 Å². The summed E-state index contributed by atoms with van der Waals surface area (Å²) in [6, 6.07) is 12.1. The number of rotatable bonds is 4. The van der Waals surface area contributed by atoms with Crippen LogP contribution in [0.4, 0.5) is 0 Å². The maximum atomic E-state index is 13.0. The number of nitrogens with one attached hydrogen (secondary N) is 1. The highest BCUT2D eigenvalue weighted by Crippen LogP contribution is 2.16. The van der Waals surface area contributed by atoms with Crippen LogP contribution in [-0.4, -0.2) is 69.5 Å². The zero-order valence-corrected chi connectivity index (χ0v) is 17.9. The highest BCUT2D eigenvalue weighted by Gasteiger charge is 2.34. The van der Waals surface area contributed by atoms with E-state index in [1.165, 1.54) is 13.4 Å². The first-order valence-corrected chi connectivity index (χ1v) is 10.2. The van der Waals surface area contributed by atoms with Gasteiger partial charge in [-0.25, -0.2) is 4.98 Å². The smallest absolute Gasteiger partial charge is 0.341 e. The van der Waals surface area contributed by atoms with Crippen molar-refractivity contribution in [3.63, 3.8) is 0 Å². The molecule has 2 aromatic heterocycles. The minimum atomic E-state index is -0.222. The molecule has 1 N–H and O–H groups in total. The van der Waals surface area contributed by atoms with Gasteiger partial charge in [0.05, 0.1) is 7.11 Å². The van der Waals surface area contributed by atoms with Crippen LogP contribution < -0.4 is 9.42 Å². The second-order valence-electron chi connectivity index (χ2n) is 7.22. The summed E-state index contributed by atoms with van der Waals surface area (Å²) in [6.45, 7) is 3.11. The molecular weight excluding hydrogens is 420 g/mol. The van der Waals surface area contributed by atoms with Crippen molar-refractivity contribution in [3.8, 4) is 11.6 Å². The number of halogens is 1. The third kappa shape index (κ3) is 4.36. The summed E-state index contributed by atoms with van der Waals surface area (Å²) < 4.78 is 6.73. The van der Waals surface area contributed by atoms with Crippen LogP contribution in [0, 0.1) is 0 Å². The fourth-order valence-corrected chi connectivity index (χ4v) is 3.72. The number of methoxy groups -OCH3 is 1. The lowest BCUT2D eigenvalue weighted by Gasteiger charge is -2.38. The Hall–Kier alpha value is -3.46. The Balaban J connectivity index is 1.44. The van der Waals surface area contributed by atoms with E-state index in [-0.39, 0.29) is 23.7 Å². The predicted molar refractivity (Wildman–Crippen MR) is 112 cm³/mol. The zero-order chi connectivity index (χ0) is 22.0. The van der Waals surface area contributed by atoms with E-state index in [0.717, 1.165) is 5.69 Å². The van der Waals surface area contributed by atoms with E-state index in [4.69, 9.17) is 16.3 Å². The molecule has 1 saturated heterocycles. The van der Waals surface area contributed by atoms with E-state index in [0.29, 0.717) is 36.2 Å². The van der Waals surface area contributed by atoms with Crippen LogP contribution in [0.5, 0.6) is 5.88 Å². The number of ether oxygens (including phenoxy) is 1. The van der Waals surface area contributed by atoms with Crippen molar-refractivity contribution in [2.45, 2.75) is 13.0 Å². The van der Waals surface area contributed by atoms with Gasteiger partial charge in [0, 0.05) is 42.8 Å². The number of benzene rings is 1. The average Bonchev–Trinajstić information content (AvgIpc) is 3.28. The van der Waals surface area contributed by atoms with Gasteiger partial charge in [-0.05, 0) is 30.1 Å². The lowest BCUT2D eigenvalue weighted by atomic mass is 10.1. The first kappa shape index (κ1) is 20.8. The second kappa shape index (κ2) is 8.73. The molecule has 1 aliphatic heterocycles. The summed E-state index contributed by atoms with van der Waals surface area (Å²) in [5.74, 6) is 0.203. The van der Waals surface area contributed by atoms with E-state index in [9.17, 15) is 9.59 Å². The highest BCUT2D eigenvalue weighted by molar-refractivity contribution is 6.30. The van der Waals surface area contributed by atoms with Crippen molar-refractivity contribution in [1.29, 1.82) is 0 Å². The number of hydrogen-bond acceptors (Lipinski definition) is 5. The van der Waals surface area contributed by atoms with Crippen LogP contribution in [0.2, 0.25) is 5.02 Å². The number of pyridine rings is 1. The number of piperazine rings is 1. The van der Waals surface area contributed by atoms with Crippen molar-refractivity contribution in [1.82, 2.24) is 24.9 Å². The summed E-state index contributed by atoms with van der Waals surface area (Å²) in [4.78, 5) is 37.7. The first-order chi connectivity index (χ1) is 15.0. The van der Waals surface area contributed by atoms with E-state index in [2.05, 4.69) is 15.1 Å². The molecule has 160 valence electrons. The van der Waals surface area contributed by atoms with Crippen LogP contribution in [0.15, 0.2) is 48.8 Å². The Labute approximate surface area is 184 Å². The lowest BCUT2D eigenvalue weighted by molar-refractivity contribution is -0.656. The molecule has 0 saturated carbocycles. The molecule has 4 rings (SSSR count). The molecule has 0 spiro atoms. The maximum absolute atomic E-state index is 13.0. The van der Waals surface area contributed by atoms with Gasteiger partial charge < -0.3 is 14.5 Å². The van der Waals surface area contributed by atoms with E-state index < -0.39 is 0 Å². The first-order valence-electron chi connectivity index (χ1n) is 9.80. The number of H-pyrrole nitrogens is 1. The third-order valence-corrected chi connectivity index (χ3v) is 5.38. The minimum Gasteiger partial charge on any atom is -0.481 e. The SMILES string of the molecule is COc1cccc(C(=O)N2CCN(C(=O)c3nc[n+](-c4cccc(Cl)c4)[nH]3)[C@H](C)C2)n1. The molecule has 0 radical (unpaired) electrons. The second-order valence-corrected chi connectivity index (χ2v) is 7.66. The molecule has 1 aromatic carbocycles. The predicted octanol–water partition coefficient (Wildman–Crippen LogP) is 1.73. The van der Waals surface area contributed by atoms with E-state index in [1.54, 1.807) is 44.8 Å². The number of aromatic nitrogens is 4. The third-order valence-electron chi connectivity index (χ3n) is 5.14. The molecular formula is C21H22ClN6O3+. The van der Waals surface area contributed by atoms with Crippen LogP contribution in [-0.2, 0) is 0 Å². The van der Waals surface area contributed by atoms with E-state index >= 15 is 0 Å². The van der Waals surface area contributed by atoms with Crippen molar-refractivity contribution in [3.05, 3.63) is 65.3 Å². The van der Waals surface area contributed by atoms with Gasteiger partial charge in [-0.1, -0.05) is 23.7 Å². The fourth-order valence-electron chi connectivity index (χ4n) is 3.54. The van der Waals surface area contributed by atoms with Gasteiger partial charge in [0.25, 0.3) is 5.91 Å². The minimum absolute atomic E-state index is 0.180. The molecule has 3 heterocycles. The molecule has 9 nitrogen and oxygen atoms in total. The van der Waals surface area contributed by atoms with Crippen molar-refractivity contribution < 1.29 is 19.0 Å². The molecule has 1 aliphatic rings. The van der Waals surface area contributed by atoms with Gasteiger partial charge in [0.1, 0.15) is 5.69 Å². The molecule has 0 aliphatic carbocycles. The van der Waals surface area contributed by atoms with Crippen molar-refractivity contribution in [2.75, 3.05) is 26.7 Å². The Morgan fingerprint density at radius 1 is 1.19 bits per heavy atom. The van der Waals surface area contributed by atoms with Crippen LogP contribution in [0.25, 0.3) is 5.69 Å². The average molecular weight is 442 g/mol. The Morgan fingerprint density at radius 3 is 2.74 bits per heavy atom.